The molecule has 0 saturated carbocycles. The molecule has 120 valence electrons. The maximum atomic E-state index is 6.06. The molecule has 0 saturated heterocycles. The van der Waals surface area contributed by atoms with Crippen LogP contribution in [0.4, 0.5) is 5.82 Å². The Kier molecular flexibility index (Phi) is 3.59. The van der Waals surface area contributed by atoms with E-state index in [1.165, 1.54) is 11.1 Å². The molecule has 3 nitrogen and oxygen atoms in total. The Hall–Kier alpha value is -3.38. The lowest BCUT2D eigenvalue weighted by molar-refractivity contribution is 1.35. The Morgan fingerprint density at radius 2 is 1.76 bits per heavy atom. The average molecular weight is 323 g/mol. The van der Waals surface area contributed by atoms with Crippen molar-refractivity contribution in [3.05, 3.63) is 77.0 Å². The molecule has 0 aliphatic rings. The molecule has 0 bridgehead atoms. The van der Waals surface area contributed by atoms with E-state index in [0.29, 0.717) is 5.82 Å². The van der Waals surface area contributed by atoms with Gasteiger partial charge in [0, 0.05) is 28.1 Å². The molecule has 0 spiro atoms. The first kappa shape index (κ1) is 15.2. The molecule has 2 heterocycles. The number of anilines is 1. The van der Waals surface area contributed by atoms with Crippen molar-refractivity contribution in [1.82, 2.24) is 9.97 Å². The number of aromatic nitrogens is 2. The van der Waals surface area contributed by atoms with Crippen LogP contribution in [0.5, 0.6) is 0 Å². The van der Waals surface area contributed by atoms with Crippen LogP contribution < -0.4 is 5.73 Å². The van der Waals surface area contributed by atoms with Gasteiger partial charge < -0.3 is 5.73 Å². The van der Waals surface area contributed by atoms with Crippen LogP contribution >= 0.6 is 0 Å². The first-order valence-electron chi connectivity index (χ1n) is 8.15. The van der Waals surface area contributed by atoms with E-state index >= 15 is 0 Å². The second-order valence-corrected chi connectivity index (χ2v) is 6.20. The molecule has 0 amide bonds. The number of nitrogens with zero attached hydrogens (tertiary/aromatic N) is 2. The fourth-order valence-electron chi connectivity index (χ4n) is 3.02. The minimum absolute atomic E-state index is 0.447. The predicted octanol–water partition coefficient (Wildman–Crippen LogP) is 4.38. The molecule has 0 radical (unpaired) electrons. The standard InChI is InChI=1S/C22H17N3/c1-14-7-9-17(15(2)11-14)10-8-16-12-19-18-5-3-4-6-20(18)25-22(23)21(19)24-13-16/h3-7,9,11-13H,1-2H3,(H2,23,25). The second kappa shape index (κ2) is 5.92. The van der Waals surface area contributed by atoms with E-state index in [-0.39, 0.29) is 0 Å². The van der Waals surface area contributed by atoms with Gasteiger partial charge in [-0.1, -0.05) is 47.7 Å². The van der Waals surface area contributed by atoms with Gasteiger partial charge in [-0.2, -0.15) is 0 Å². The van der Waals surface area contributed by atoms with Gasteiger partial charge in [-0.25, -0.2) is 4.98 Å². The maximum absolute atomic E-state index is 6.06. The van der Waals surface area contributed by atoms with Gasteiger partial charge in [0.25, 0.3) is 0 Å². The average Bonchev–Trinajstić information content (AvgIpc) is 2.61. The van der Waals surface area contributed by atoms with Crippen molar-refractivity contribution in [2.45, 2.75) is 13.8 Å². The van der Waals surface area contributed by atoms with Gasteiger partial charge in [-0.05, 0) is 37.6 Å². The van der Waals surface area contributed by atoms with Gasteiger partial charge in [0.05, 0.1) is 5.52 Å². The van der Waals surface area contributed by atoms with Crippen molar-refractivity contribution >= 4 is 27.6 Å². The van der Waals surface area contributed by atoms with Crippen LogP contribution in [-0.4, -0.2) is 9.97 Å². The Bertz CT molecular complexity index is 1180. The summed E-state index contributed by atoms with van der Waals surface area (Å²) in [6, 6.07) is 16.3. The third-order valence-corrected chi connectivity index (χ3v) is 4.29. The lowest BCUT2D eigenvalue weighted by atomic mass is 10.1. The Morgan fingerprint density at radius 3 is 2.60 bits per heavy atom. The molecular formula is C22H17N3. The molecule has 0 aliphatic heterocycles. The first-order chi connectivity index (χ1) is 12.1. The Balaban J connectivity index is 1.87. The minimum atomic E-state index is 0.447. The van der Waals surface area contributed by atoms with E-state index in [2.05, 4.69) is 53.9 Å². The van der Waals surface area contributed by atoms with Crippen molar-refractivity contribution in [1.29, 1.82) is 0 Å². The van der Waals surface area contributed by atoms with E-state index in [4.69, 9.17) is 5.73 Å². The summed E-state index contributed by atoms with van der Waals surface area (Å²) in [6.07, 6.45) is 1.76. The van der Waals surface area contributed by atoms with Crippen molar-refractivity contribution in [2.24, 2.45) is 0 Å². The van der Waals surface area contributed by atoms with Gasteiger partial charge >= 0.3 is 0 Å². The van der Waals surface area contributed by atoms with Crippen LogP contribution in [0.25, 0.3) is 21.8 Å². The molecular weight excluding hydrogens is 306 g/mol. The molecule has 0 atom stereocenters. The molecule has 0 aliphatic carbocycles. The summed E-state index contributed by atoms with van der Waals surface area (Å²) in [6.45, 7) is 4.16. The van der Waals surface area contributed by atoms with Gasteiger partial charge in [0.1, 0.15) is 5.52 Å². The maximum Gasteiger partial charge on any atom is 0.150 e. The summed E-state index contributed by atoms with van der Waals surface area (Å²) in [4.78, 5) is 8.92. The largest absolute Gasteiger partial charge is 0.382 e. The second-order valence-electron chi connectivity index (χ2n) is 6.20. The summed E-state index contributed by atoms with van der Waals surface area (Å²) in [7, 11) is 0. The lowest BCUT2D eigenvalue weighted by Gasteiger charge is -2.06. The number of aryl methyl sites for hydroxylation is 2. The number of nitrogen functional groups attached to an aromatic ring is 1. The van der Waals surface area contributed by atoms with Crippen LogP contribution in [-0.2, 0) is 0 Å². The zero-order chi connectivity index (χ0) is 17.4. The fraction of sp³-hybridized carbons (Fsp3) is 0.0909. The van der Waals surface area contributed by atoms with Crippen LogP contribution in [0.15, 0.2) is 54.7 Å². The van der Waals surface area contributed by atoms with E-state index in [1.54, 1.807) is 6.20 Å². The van der Waals surface area contributed by atoms with E-state index < -0.39 is 0 Å². The van der Waals surface area contributed by atoms with Gasteiger partial charge in [0.15, 0.2) is 5.82 Å². The highest BCUT2D eigenvalue weighted by Crippen LogP contribution is 2.26. The number of hydrogen-bond donors (Lipinski definition) is 1. The molecule has 25 heavy (non-hydrogen) atoms. The summed E-state index contributed by atoms with van der Waals surface area (Å²) in [5.74, 6) is 6.92. The molecule has 2 N–H and O–H groups in total. The van der Waals surface area contributed by atoms with E-state index in [0.717, 1.165) is 32.9 Å². The lowest BCUT2D eigenvalue weighted by Crippen LogP contribution is -1.96. The molecule has 2 aromatic heterocycles. The zero-order valence-corrected chi connectivity index (χ0v) is 14.2. The quantitative estimate of drug-likeness (QED) is 0.386. The van der Waals surface area contributed by atoms with Crippen molar-refractivity contribution in [2.75, 3.05) is 5.73 Å². The highest BCUT2D eigenvalue weighted by Gasteiger charge is 2.07. The Morgan fingerprint density at radius 1 is 0.920 bits per heavy atom. The molecule has 4 rings (SSSR count). The van der Waals surface area contributed by atoms with Gasteiger partial charge in [0.2, 0.25) is 0 Å². The SMILES string of the molecule is Cc1ccc(C#Cc2cnc3c(N)nc4ccccc4c3c2)c(C)c1. The van der Waals surface area contributed by atoms with Gasteiger partial charge in [-0.15, -0.1) is 0 Å². The van der Waals surface area contributed by atoms with Crippen molar-refractivity contribution in [3.8, 4) is 11.8 Å². The van der Waals surface area contributed by atoms with Gasteiger partial charge in [-0.3, -0.25) is 4.98 Å². The summed E-state index contributed by atoms with van der Waals surface area (Å²) in [5.41, 5.74) is 12.0. The van der Waals surface area contributed by atoms with Crippen molar-refractivity contribution in [3.63, 3.8) is 0 Å². The molecule has 3 heteroatoms. The predicted molar refractivity (Wildman–Crippen MR) is 103 cm³/mol. The minimum Gasteiger partial charge on any atom is -0.382 e. The normalized spacial score (nSPS) is 10.6. The number of hydrogen-bond acceptors (Lipinski definition) is 3. The number of rotatable bonds is 0. The third kappa shape index (κ3) is 2.79. The number of pyridine rings is 2. The zero-order valence-electron chi connectivity index (χ0n) is 14.2. The highest BCUT2D eigenvalue weighted by atomic mass is 14.9. The Labute approximate surface area is 146 Å². The highest BCUT2D eigenvalue weighted by molar-refractivity contribution is 6.08. The summed E-state index contributed by atoms with van der Waals surface area (Å²) >= 11 is 0. The summed E-state index contributed by atoms with van der Waals surface area (Å²) < 4.78 is 0. The topological polar surface area (TPSA) is 51.8 Å². The fourth-order valence-corrected chi connectivity index (χ4v) is 3.02. The third-order valence-electron chi connectivity index (χ3n) is 4.29. The number of para-hydroxylation sites is 1. The van der Waals surface area contributed by atoms with Crippen molar-refractivity contribution < 1.29 is 0 Å². The molecule has 0 unspecified atom stereocenters. The number of benzene rings is 2. The van der Waals surface area contributed by atoms with Crippen LogP contribution in [0.3, 0.4) is 0 Å². The molecule has 0 fully saturated rings. The number of fused-ring (bicyclic) bond motifs is 3. The smallest absolute Gasteiger partial charge is 0.150 e. The number of nitrogens with two attached hydrogens (primary N) is 1. The van der Waals surface area contributed by atoms with E-state index in [1.807, 2.05) is 30.3 Å². The van der Waals surface area contributed by atoms with Crippen LogP contribution in [0.1, 0.15) is 22.3 Å². The van der Waals surface area contributed by atoms with Crippen LogP contribution in [0, 0.1) is 25.7 Å². The molecule has 4 aromatic rings. The monoisotopic (exact) mass is 323 g/mol. The summed E-state index contributed by atoms with van der Waals surface area (Å²) in [5, 5.41) is 2.02. The molecule has 2 aromatic carbocycles. The van der Waals surface area contributed by atoms with E-state index in [9.17, 15) is 0 Å². The first-order valence-corrected chi connectivity index (χ1v) is 8.15. The van der Waals surface area contributed by atoms with Crippen LogP contribution in [0.2, 0.25) is 0 Å².